The largest absolute Gasteiger partial charge is 0.482 e. The highest BCUT2D eigenvalue weighted by molar-refractivity contribution is 9.09. The number of anilines is 1. The van der Waals surface area contributed by atoms with Gasteiger partial charge in [0.2, 0.25) is 5.89 Å². The van der Waals surface area contributed by atoms with Gasteiger partial charge in [-0.1, -0.05) is 18.1 Å². The van der Waals surface area contributed by atoms with Crippen LogP contribution in [-0.2, 0) is 6.42 Å². The fourth-order valence-corrected chi connectivity index (χ4v) is 1.67. The molecule has 0 spiro atoms. The van der Waals surface area contributed by atoms with Crippen molar-refractivity contribution in [3.63, 3.8) is 0 Å². The zero-order valence-electron chi connectivity index (χ0n) is 10.2. The lowest BCUT2D eigenvalue weighted by molar-refractivity contribution is 0.102. The van der Waals surface area contributed by atoms with Gasteiger partial charge >= 0.3 is 6.01 Å². The van der Waals surface area contributed by atoms with Gasteiger partial charge < -0.3 is 9.15 Å². The zero-order chi connectivity index (χ0) is 13.7. The Labute approximate surface area is 118 Å². The van der Waals surface area contributed by atoms with Gasteiger partial charge in [0.15, 0.2) is 0 Å². The molecule has 0 fully saturated rings. The Kier molecular flexibility index (Phi) is 4.51. The van der Waals surface area contributed by atoms with Crippen molar-refractivity contribution in [3.05, 3.63) is 35.7 Å². The van der Waals surface area contributed by atoms with E-state index in [-0.39, 0.29) is 11.9 Å². The molecule has 0 saturated heterocycles. The van der Waals surface area contributed by atoms with E-state index in [2.05, 4.69) is 31.4 Å². The minimum absolute atomic E-state index is 0.0914. The fourth-order valence-electron chi connectivity index (χ4n) is 1.41. The van der Waals surface area contributed by atoms with Crippen molar-refractivity contribution in [2.75, 3.05) is 10.8 Å². The molecule has 1 amide bonds. The number of alkyl halides is 1. The Morgan fingerprint density at radius 3 is 3.00 bits per heavy atom. The summed E-state index contributed by atoms with van der Waals surface area (Å²) >= 11 is 3.16. The van der Waals surface area contributed by atoms with Gasteiger partial charge in [-0.15, -0.1) is 5.10 Å². The summed E-state index contributed by atoms with van der Waals surface area (Å²) in [5, 5.41) is 10.0. The van der Waals surface area contributed by atoms with Crippen molar-refractivity contribution in [2.45, 2.75) is 13.3 Å². The number of halogens is 1. The maximum atomic E-state index is 12.0. The van der Waals surface area contributed by atoms with E-state index in [0.29, 0.717) is 29.1 Å². The van der Waals surface area contributed by atoms with E-state index in [9.17, 15) is 4.79 Å². The number of hydrogen-bond acceptors (Lipinski definition) is 5. The van der Waals surface area contributed by atoms with Crippen LogP contribution in [0.4, 0.5) is 6.01 Å². The monoisotopic (exact) mass is 325 g/mol. The minimum atomic E-state index is -0.327. The molecule has 0 aliphatic heterocycles. The van der Waals surface area contributed by atoms with Gasteiger partial charge in [-0.25, -0.2) is 0 Å². The van der Waals surface area contributed by atoms with Crippen LogP contribution in [0.2, 0.25) is 0 Å². The van der Waals surface area contributed by atoms with Crippen LogP contribution in [0.1, 0.15) is 23.2 Å². The lowest BCUT2D eigenvalue weighted by Gasteiger charge is -2.04. The van der Waals surface area contributed by atoms with E-state index in [1.54, 1.807) is 24.3 Å². The molecule has 1 aromatic carbocycles. The van der Waals surface area contributed by atoms with E-state index in [4.69, 9.17) is 9.15 Å². The first kappa shape index (κ1) is 13.5. The van der Waals surface area contributed by atoms with Crippen LogP contribution in [-0.4, -0.2) is 21.6 Å². The van der Waals surface area contributed by atoms with Gasteiger partial charge in [-0.3, -0.25) is 10.1 Å². The zero-order valence-corrected chi connectivity index (χ0v) is 11.8. The first-order chi connectivity index (χ1) is 9.22. The highest BCUT2D eigenvalue weighted by atomic mass is 79.9. The van der Waals surface area contributed by atoms with Crippen molar-refractivity contribution in [3.8, 4) is 5.75 Å². The summed E-state index contributed by atoms with van der Waals surface area (Å²) in [6.07, 6.45) is 0.622. The molecule has 0 radical (unpaired) electrons. The molecular weight excluding hydrogens is 314 g/mol. The summed E-state index contributed by atoms with van der Waals surface area (Å²) in [4.78, 5) is 12.0. The molecule has 0 unspecified atom stereocenters. The molecule has 100 valence electrons. The molecule has 0 saturated carbocycles. The molecule has 2 rings (SSSR count). The highest BCUT2D eigenvalue weighted by Gasteiger charge is 2.11. The quantitative estimate of drug-likeness (QED) is 0.855. The number of aromatic nitrogens is 2. The molecule has 1 heterocycles. The van der Waals surface area contributed by atoms with Crippen molar-refractivity contribution < 1.29 is 13.9 Å². The third-order valence-corrected chi connectivity index (χ3v) is 2.54. The standard InChI is InChI=1S/C12H12BrN3O3/c1-2-10-15-16-12(19-10)14-11(17)8-4-3-5-9(6-8)18-7-13/h3-6H,2,7H2,1H3,(H,14,16,17). The lowest BCUT2D eigenvalue weighted by Crippen LogP contribution is -2.12. The Balaban J connectivity index is 2.08. The van der Waals surface area contributed by atoms with Gasteiger partial charge in [0.05, 0.1) is 0 Å². The van der Waals surface area contributed by atoms with Crippen LogP contribution >= 0.6 is 15.9 Å². The highest BCUT2D eigenvalue weighted by Crippen LogP contribution is 2.15. The average Bonchev–Trinajstić information content (AvgIpc) is 2.87. The second kappa shape index (κ2) is 6.33. The SMILES string of the molecule is CCc1nnc(NC(=O)c2cccc(OCBr)c2)o1. The Hall–Kier alpha value is -1.89. The topological polar surface area (TPSA) is 77.2 Å². The van der Waals surface area contributed by atoms with Crippen LogP contribution in [0, 0.1) is 0 Å². The van der Waals surface area contributed by atoms with Crippen LogP contribution < -0.4 is 10.1 Å². The number of amides is 1. The summed E-state index contributed by atoms with van der Waals surface area (Å²) < 4.78 is 10.5. The molecule has 0 atom stereocenters. The van der Waals surface area contributed by atoms with E-state index in [1.165, 1.54) is 0 Å². The van der Waals surface area contributed by atoms with Gasteiger partial charge in [0.1, 0.15) is 11.3 Å². The number of ether oxygens (including phenoxy) is 1. The summed E-state index contributed by atoms with van der Waals surface area (Å²) in [6.45, 7) is 1.89. The number of nitrogens with one attached hydrogen (secondary N) is 1. The average molecular weight is 326 g/mol. The van der Waals surface area contributed by atoms with Crippen LogP contribution in [0.25, 0.3) is 0 Å². The van der Waals surface area contributed by atoms with E-state index >= 15 is 0 Å². The number of aryl methyl sites for hydroxylation is 1. The molecule has 0 aliphatic carbocycles. The summed E-state index contributed by atoms with van der Waals surface area (Å²) in [7, 11) is 0. The number of rotatable bonds is 5. The Morgan fingerprint density at radius 1 is 1.47 bits per heavy atom. The second-order valence-corrected chi connectivity index (χ2v) is 4.05. The Morgan fingerprint density at radius 2 is 2.32 bits per heavy atom. The second-order valence-electron chi connectivity index (χ2n) is 3.59. The predicted molar refractivity (Wildman–Crippen MR) is 72.5 cm³/mol. The summed E-state index contributed by atoms with van der Waals surface area (Å²) in [5.41, 5.74) is 0.816. The molecule has 2 aromatic rings. The number of nitrogens with zero attached hydrogens (tertiary/aromatic N) is 2. The predicted octanol–water partition coefficient (Wildman–Crippen LogP) is 2.62. The van der Waals surface area contributed by atoms with Gasteiger partial charge in [-0.05, 0) is 34.1 Å². The smallest absolute Gasteiger partial charge is 0.322 e. The third-order valence-electron chi connectivity index (χ3n) is 2.31. The Bertz CT molecular complexity index is 571. The maximum Gasteiger partial charge on any atom is 0.322 e. The van der Waals surface area contributed by atoms with Gasteiger partial charge in [0, 0.05) is 12.0 Å². The maximum absolute atomic E-state index is 12.0. The van der Waals surface area contributed by atoms with Gasteiger partial charge in [0.25, 0.3) is 5.91 Å². The molecular formula is C12H12BrN3O3. The van der Waals surface area contributed by atoms with E-state index < -0.39 is 0 Å². The molecule has 0 aliphatic rings. The summed E-state index contributed by atoms with van der Waals surface area (Å²) in [6, 6.07) is 6.90. The van der Waals surface area contributed by atoms with Crippen molar-refractivity contribution in [1.82, 2.24) is 10.2 Å². The molecule has 7 heteroatoms. The van der Waals surface area contributed by atoms with Crippen molar-refractivity contribution >= 4 is 27.9 Å². The first-order valence-electron chi connectivity index (χ1n) is 5.65. The molecule has 6 nitrogen and oxygen atoms in total. The van der Waals surface area contributed by atoms with Crippen LogP contribution in [0.15, 0.2) is 28.7 Å². The lowest BCUT2D eigenvalue weighted by atomic mass is 10.2. The van der Waals surface area contributed by atoms with Crippen molar-refractivity contribution in [1.29, 1.82) is 0 Å². The van der Waals surface area contributed by atoms with E-state index in [1.807, 2.05) is 6.92 Å². The van der Waals surface area contributed by atoms with Crippen molar-refractivity contribution in [2.24, 2.45) is 0 Å². The number of benzene rings is 1. The third kappa shape index (κ3) is 3.54. The normalized spacial score (nSPS) is 10.2. The minimum Gasteiger partial charge on any atom is -0.482 e. The molecule has 19 heavy (non-hydrogen) atoms. The van der Waals surface area contributed by atoms with Gasteiger partial charge in [-0.2, -0.15) is 0 Å². The number of carbonyl (C=O) groups is 1. The molecule has 1 aromatic heterocycles. The first-order valence-corrected chi connectivity index (χ1v) is 6.77. The van der Waals surface area contributed by atoms with Crippen LogP contribution in [0.3, 0.4) is 0 Å². The number of hydrogen-bond donors (Lipinski definition) is 1. The number of carbonyl (C=O) groups excluding carboxylic acids is 1. The fraction of sp³-hybridized carbons (Fsp3) is 0.250. The molecule has 1 N–H and O–H groups in total. The summed E-state index contributed by atoms with van der Waals surface area (Å²) in [5.74, 6) is 0.752. The van der Waals surface area contributed by atoms with Crippen LogP contribution in [0.5, 0.6) is 5.75 Å². The van der Waals surface area contributed by atoms with E-state index in [0.717, 1.165) is 0 Å². The molecule has 0 bridgehead atoms.